The van der Waals surface area contributed by atoms with E-state index in [9.17, 15) is 26.3 Å². The average Bonchev–Trinajstić information content (AvgIpc) is 2.80. The predicted octanol–water partition coefficient (Wildman–Crippen LogP) is 3.42. The molecule has 2 rings (SSSR count). The van der Waals surface area contributed by atoms with Crippen LogP contribution in [0.2, 0.25) is 0 Å². The molecule has 0 bridgehead atoms. The second-order valence-corrected chi connectivity index (χ2v) is 4.08. The molecule has 0 unspecified atom stereocenters. The summed E-state index contributed by atoms with van der Waals surface area (Å²) in [7, 11) is 0. The number of halogens is 8. The summed E-state index contributed by atoms with van der Waals surface area (Å²) < 4.78 is 74.2. The first-order chi connectivity index (χ1) is 9.00. The Morgan fingerprint density at radius 1 is 0.600 bits per heavy atom. The van der Waals surface area contributed by atoms with E-state index in [0.29, 0.717) is 0 Å². The monoisotopic (exact) mass is 336 g/mol. The highest BCUT2D eigenvalue weighted by Gasteiger charge is 2.43. The summed E-state index contributed by atoms with van der Waals surface area (Å²) in [5.74, 6) is -3.21. The topological polar surface area (TPSA) is 49.4 Å². The number of alkyl halides is 6. The van der Waals surface area contributed by atoms with E-state index in [2.05, 4.69) is 20.0 Å². The molecule has 12 heteroatoms. The van der Waals surface area contributed by atoms with Crippen LogP contribution in [0.15, 0.2) is 31.4 Å². The average molecular weight is 337 g/mol. The van der Waals surface area contributed by atoms with Crippen molar-refractivity contribution in [1.82, 2.24) is 0 Å². The van der Waals surface area contributed by atoms with Crippen LogP contribution in [0.25, 0.3) is 0 Å². The van der Waals surface area contributed by atoms with E-state index in [4.69, 9.17) is 23.2 Å². The largest absolute Gasteiger partial charge is 0.451 e. The van der Waals surface area contributed by atoms with E-state index in [1.54, 1.807) is 0 Å². The van der Waals surface area contributed by atoms with Crippen LogP contribution in [-0.2, 0) is 0 Å². The molecule has 0 saturated carbocycles. The Balaban J connectivity index is 2.52. The van der Waals surface area contributed by atoms with Gasteiger partial charge in [0.2, 0.25) is 11.7 Å². The van der Waals surface area contributed by atoms with Crippen molar-refractivity contribution in [2.24, 2.45) is 20.0 Å². The van der Waals surface area contributed by atoms with Gasteiger partial charge in [0.05, 0.1) is 0 Å². The second kappa shape index (κ2) is 4.55. The summed E-state index contributed by atoms with van der Waals surface area (Å²) in [6.07, 6.45) is -9.80. The Morgan fingerprint density at radius 2 is 0.900 bits per heavy atom. The number of hydrogen-bond donors (Lipinski definition) is 0. The Bertz CT molecular complexity index is 568. The minimum absolute atomic E-state index is 0.716. The first kappa shape index (κ1) is 15.0. The van der Waals surface area contributed by atoms with Crippen LogP contribution in [-0.4, -0.2) is 34.4 Å². The zero-order valence-corrected chi connectivity index (χ0v) is 10.3. The summed E-state index contributed by atoms with van der Waals surface area (Å²) in [5.41, 5.74) is -1.43. The molecule has 2 aliphatic rings. The van der Waals surface area contributed by atoms with Crippen LogP contribution in [0.1, 0.15) is 0 Å². The van der Waals surface area contributed by atoms with Gasteiger partial charge >= 0.3 is 12.4 Å². The van der Waals surface area contributed by atoms with Crippen molar-refractivity contribution in [2.75, 3.05) is 0 Å². The summed E-state index contributed by atoms with van der Waals surface area (Å²) in [6, 6.07) is 0. The van der Waals surface area contributed by atoms with Gasteiger partial charge in [-0.05, 0) is 0 Å². The highest BCUT2D eigenvalue weighted by molar-refractivity contribution is 6.75. The molecule has 0 aliphatic carbocycles. The molecule has 0 N–H and O–H groups in total. The maximum absolute atomic E-state index is 12.4. The van der Waals surface area contributed by atoms with Crippen molar-refractivity contribution in [2.45, 2.75) is 12.4 Å². The van der Waals surface area contributed by atoms with Crippen LogP contribution in [0.3, 0.4) is 0 Å². The van der Waals surface area contributed by atoms with E-state index in [-0.39, 0.29) is 0 Å². The molecule has 0 spiro atoms. The van der Waals surface area contributed by atoms with E-state index in [1.165, 1.54) is 0 Å². The van der Waals surface area contributed by atoms with Gasteiger partial charge in [-0.25, -0.2) is 20.0 Å². The van der Waals surface area contributed by atoms with Crippen molar-refractivity contribution >= 4 is 45.2 Å². The molecular weight excluding hydrogens is 337 g/mol. The number of aliphatic imine (C=N–C) groups is 4. The first-order valence-electron chi connectivity index (χ1n) is 4.55. The van der Waals surface area contributed by atoms with E-state index >= 15 is 0 Å². The van der Waals surface area contributed by atoms with Gasteiger partial charge in [0.25, 0.3) is 0 Å². The number of rotatable bonds is 0. The lowest BCUT2D eigenvalue weighted by molar-refractivity contribution is -0.0603. The minimum Gasteiger partial charge on any atom is -0.219 e. The van der Waals surface area contributed by atoms with Crippen molar-refractivity contribution in [3.63, 3.8) is 0 Å². The Kier molecular flexibility index (Phi) is 3.41. The van der Waals surface area contributed by atoms with E-state index in [0.717, 1.165) is 0 Å². The molecule has 0 saturated heterocycles. The van der Waals surface area contributed by atoms with E-state index < -0.39 is 45.8 Å². The van der Waals surface area contributed by atoms with Crippen molar-refractivity contribution < 1.29 is 26.3 Å². The fourth-order valence-corrected chi connectivity index (χ4v) is 1.62. The summed E-state index contributed by atoms with van der Waals surface area (Å²) in [5, 5.41) is -1.54. The first-order valence-corrected chi connectivity index (χ1v) is 5.31. The molecule has 0 aromatic heterocycles. The summed E-state index contributed by atoms with van der Waals surface area (Å²) >= 11 is 10.8. The molecule has 20 heavy (non-hydrogen) atoms. The summed E-state index contributed by atoms with van der Waals surface area (Å²) in [6.45, 7) is 0. The zero-order chi connectivity index (χ0) is 15.3. The maximum atomic E-state index is 12.4. The SMILES string of the molecule is FC(F)(F)C1=N/C(=C2/N=C(C(F)(F)F)N=C2Cl)C(Cl)=N1. The Labute approximate surface area is 116 Å². The molecular formula is C8Cl2F6N4. The van der Waals surface area contributed by atoms with Crippen molar-refractivity contribution in [1.29, 1.82) is 0 Å². The number of hydrogen-bond acceptors (Lipinski definition) is 4. The lowest BCUT2D eigenvalue weighted by Gasteiger charge is -2.00. The fraction of sp³-hybridized carbons (Fsp3) is 0.250. The number of allylic oxidation sites excluding steroid dienone is 2. The number of amidine groups is 2. The molecule has 0 atom stereocenters. The predicted molar refractivity (Wildman–Crippen MR) is 60.6 cm³/mol. The van der Waals surface area contributed by atoms with Crippen molar-refractivity contribution in [3.05, 3.63) is 11.4 Å². The lowest BCUT2D eigenvalue weighted by Crippen LogP contribution is -2.19. The van der Waals surface area contributed by atoms with Gasteiger partial charge in [-0.3, -0.25) is 0 Å². The van der Waals surface area contributed by atoms with Gasteiger partial charge in [-0.1, -0.05) is 23.2 Å². The minimum atomic E-state index is -4.90. The molecule has 108 valence electrons. The highest BCUT2D eigenvalue weighted by atomic mass is 35.5. The molecule has 0 aromatic rings. The van der Waals surface area contributed by atoms with Gasteiger partial charge < -0.3 is 0 Å². The maximum Gasteiger partial charge on any atom is 0.451 e. The van der Waals surface area contributed by atoms with Crippen molar-refractivity contribution in [3.8, 4) is 0 Å². The quantitative estimate of drug-likeness (QED) is 0.609. The normalized spacial score (nSPS) is 23.6. The molecule has 0 amide bonds. The zero-order valence-electron chi connectivity index (χ0n) is 8.81. The van der Waals surface area contributed by atoms with Gasteiger partial charge in [-0.15, -0.1) is 0 Å². The third-order valence-electron chi connectivity index (χ3n) is 1.97. The Hall–Kier alpha value is -1.42. The van der Waals surface area contributed by atoms with Gasteiger partial charge in [0.1, 0.15) is 11.4 Å². The number of nitrogens with zero attached hydrogens (tertiary/aromatic N) is 4. The molecule has 2 heterocycles. The second-order valence-electron chi connectivity index (χ2n) is 3.37. The van der Waals surface area contributed by atoms with Gasteiger partial charge in [-0.2, -0.15) is 26.3 Å². The molecule has 0 fully saturated rings. The summed E-state index contributed by atoms with van der Waals surface area (Å²) in [4.78, 5) is 11.8. The van der Waals surface area contributed by atoms with Crippen LogP contribution in [0.5, 0.6) is 0 Å². The lowest BCUT2D eigenvalue weighted by atomic mass is 10.3. The van der Waals surface area contributed by atoms with Crippen LogP contribution in [0.4, 0.5) is 26.3 Å². The Morgan fingerprint density at radius 3 is 1.10 bits per heavy atom. The fourth-order valence-electron chi connectivity index (χ4n) is 1.20. The molecule has 4 nitrogen and oxygen atoms in total. The molecule has 2 aliphatic heterocycles. The molecule has 0 aromatic carbocycles. The van der Waals surface area contributed by atoms with Gasteiger partial charge in [0.15, 0.2) is 10.3 Å². The third kappa shape index (κ3) is 2.70. The van der Waals surface area contributed by atoms with Crippen LogP contribution >= 0.6 is 23.2 Å². The third-order valence-corrected chi connectivity index (χ3v) is 2.49. The van der Waals surface area contributed by atoms with Crippen LogP contribution in [0, 0.1) is 0 Å². The highest BCUT2D eigenvalue weighted by Crippen LogP contribution is 2.32. The standard InChI is InChI=1S/C8Cl2F6N4/c9-3-1(17-5(19-3)7(11,12)13)2-4(10)20-6(18-2)8(14,15)16/b2-1+. The van der Waals surface area contributed by atoms with Crippen LogP contribution < -0.4 is 0 Å². The van der Waals surface area contributed by atoms with E-state index in [1.807, 2.05) is 0 Å². The smallest absolute Gasteiger partial charge is 0.219 e. The molecule has 0 radical (unpaired) electrons. The van der Waals surface area contributed by atoms with Gasteiger partial charge in [0, 0.05) is 0 Å².